The van der Waals surface area contributed by atoms with Gasteiger partial charge in [-0.15, -0.1) is 20.4 Å². The number of hydrogen-bond donors (Lipinski definition) is 1. The van der Waals surface area contributed by atoms with Gasteiger partial charge in [0.05, 0.1) is 5.75 Å². The number of anilines is 1. The summed E-state index contributed by atoms with van der Waals surface area (Å²) >= 11 is 2.76. The van der Waals surface area contributed by atoms with Crippen LogP contribution in [0, 0.1) is 6.92 Å². The molecule has 3 rings (SSSR count). The first-order valence-corrected chi connectivity index (χ1v) is 10.2. The molecule has 0 saturated heterocycles. The van der Waals surface area contributed by atoms with E-state index in [0.717, 1.165) is 40.1 Å². The van der Waals surface area contributed by atoms with E-state index in [1.54, 1.807) is 0 Å². The summed E-state index contributed by atoms with van der Waals surface area (Å²) in [4.78, 5) is 12.2. The fourth-order valence-electron chi connectivity index (χ4n) is 2.44. The average molecular weight is 389 g/mol. The van der Waals surface area contributed by atoms with Gasteiger partial charge in [-0.25, -0.2) is 0 Å². The molecule has 2 heterocycles. The normalized spacial score (nSPS) is 10.9. The van der Waals surface area contributed by atoms with Crippen LogP contribution in [0.2, 0.25) is 0 Å². The van der Waals surface area contributed by atoms with Crippen LogP contribution in [0.15, 0.2) is 29.4 Å². The Hall–Kier alpha value is -2.26. The second kappa shape index (κ2) is 8.41. The van der Waals surface area contributed by atoms with Crippen molar-refractivity contribution in [3.8, 4) is 11.4 Å². The fraction of sp³-hybridized carbons (Fsp3) is 0.353. The van der Waals surface area contributed by atoms with Crippen LogP contribution >= 0.6 is 23.1 Å². The minimum atomic E-state index is -0.128. The third-order valence-electron chi connectivity index (χ3n) is 3.77. The lowest BCUT2D eigenvalue weighted by atomic mass is 10.1. The second-order valence-corrected chi connectivity index (χ2v) is 7.56. The third kappa shape index (κ3) is 4.10. The maximum Gasteiger partial charge on any atom is 0.236 e. The molecule has 0 bridgehead atoms. The number of rotatable bonds is 7. The van der Waals surface area contributed by atoms with Crippen molar-refractivity contribution in [2.24, 2.45) is 0 Å². The minimum absolute atomic E-state index is 0.128. The molecule has 9 heteroatoms. The largest absolute Gasteiger partial charge is 0.302 e. The molecule has 0 aliphatic rings. The Morgan fingerprint density at radius 2 is 2.00 bits per heavy atom. The first-order valence-electron chi connectivity index (χ1n) is 8.36. The van der Waals surface area contributed by atoms with Crippen LogP contribution in [0.3, 0.4) is 0 Å². The first-order chi connectivity index (χ1) is 12.6. The number of thioether (sulfide) groups is 1. The number of aryl methyl sites for hydroxylation is 2. The molecule has 2 aromatic heterocycles. The number of hydrogen-bond acceptors (Lipinski definition) is 7. The zero-order chi connectivity index (χ0) is 18.5. The highest BCUT2D eigenvalue weighted by Gasteiger charge is 2.16. The molecule has 0 atom stereocenters. The van der Waals surface area contributed by atoms with E-state index in [2.05, 4.69) is 38.7 Å². The molecule has 0 spiro atoms. The van der Waals surface area contributed by atoms with Gasteiger partial charge in [0.25, 0.3) is 0 Å². The topological polar surface area (TPSA) is 85.6 Å². The molecule has 26 heavy (non-hydrogen) atoms. The van der Waals surface area contributed by atoms with E-state index in [9.17, 15) is 4.79 Å². The summed E-state index contributed by atoms with van der Waals surface area (Å²) in [5, 5.41) is 21.5. The minimum Gasteiger partial charge on any atom is -0.302 e. The number of aromatic nitrogens is 5. The zero-order valence-corrected chi connectivity index (χ0v) is 16.5. The Balaban J connectivity index is 1.68. The Morgan fingerprint density at radius 1 is 1.19 bits per heavy atom. The van der Waals surface area contributed by atoms with Crippen molar-refractivity contribution in [3.63, 3.8) is 0 Å². The lowest BCUT2D eigenvalue weighted by molar-refractivity contribution is -0.113. The summed E-state index contributed by atoms with van der Waals surface area (Å²) in [6.07, 6.45) is 0.809. The van der Waals surface area contributed by atoms with Gasteiger partial charge in [-0.1, -0.05) is 54.3 Å². The number of nitrogens with one attached hydrogen (secondary N) is 1. The highest BCUT2D eigenvalue weighted by molar-refractivity contribution is 7.99. The third-order valence-corrected chi connectivity index (χ3v) is 5.72. The molecule has 7 nitrogen and oxygen atoms in total. The van der Waals surface area contributed by atoms with Crippen LogP contribution in [0.1, 0.15) is 24.4 Å². The summed E-state index contributed by atoms with van der Waals surface area (Å²) in [6, 6.07) is 8.08. The summed E-state index contributed by atoms with van der Waals surface area (Å²) < 4.78 is 2.03. The van der Waals surface area contributed by atoms with E-state index >= 15 is 0 Å². The van der Waals surface area contributed by atoms with E-state index in [4.69, 9.17) is 0 Å². The molecule has 0 saturated carbocycles. The molecular weight excluding hydrogens is 368 g/mol. The van der Waals surface area contributed by atoms with Gasteiger partial charge in [0.2, 0.25) is 11.0 Å². The van der Waals surface area contributed by atoms with E-state index in [0.29, 0.717) is 5.13 Å². The van der Waals surface area contributed by atoms with Crippen molar-refractivity contribution >= 4 is 34.1 Å². The van der Waals surface area contributed by atoms with Crippen molar-refractivity contribution in [2.45, 2.75) is 38.9 Å². The van der Waals surface area contributed by atoms with Crippen LogP contribution < -0.4 is 5.32 Å². The van der Waals surface area contributed by atoms with E-state index < -0.39 is 0 Å². The van der Waals surface area contributed by atoms with Gasteiger partial charge in [0.15, 0.2) is 11.0 Å². The van der Waals surface area contributed by atoms with Gasteiger partial charge in [-0.3, -0.25) is 10.1 Å². The summed E-state index contributed by atoms with van der Waals surface area (Å²) in [7, 11) is 0. The van der Waals surface area contributed by atoms with Crippen LogP contribution in [-0.2, 0) is 17.8 Å². The van der Waals surface area contributed by atoms with Crippen LogP contribution in [0.5, 0.6) is 0 Å². The van der Waals surface area contributed by atoms with Gasteiger partial charge in [-0.2, -0.15) is 0 Å². The van der Waals surface area contributed by atoms with Gasteiger partial charge < -0.3 is 4.57 Å². The molecule has 1 N–H and O–H groups in total. The lowest BCUT2D eigenvalue weighted by Crippen LogP contribution is -2.14. The lowest BCUT2D eigenvalue weighted by Gasteiger charge is -2.09. The SMILES string of the molecule is CCc1nnc(NC(=O)CSc2nnc(-c3ccccc3C)n2CC)s1. The summed E-state index contributed by atoms with van der Waals surface area (Å²) in [6.45, 7) is 6.84. The van der Waals surface area contributed by atoms with Crippen LogP contribution in [0.25, 0.3) is 11.4 Å². The molecule has 1 aromatic carbocycles. The molecular formula is C17H20N6OS2. The highest BCUT2D eigenvalue weighted by Crippen LogP contribution is 2.26. The van der Waals surface area contributed by atoms with Crippen molar-refractivity contribution in [1.82, 2.24) is 25.0 Å². The van der Waals surface area contributed by atoms with Crippen LogP contribution in [-0.4, -0.2) is 36.6 Å². The van der Waals surface area contributed by atoms with E-state index in [-0.39, 0.29) is 11.7 Å². The number of carbonyl (C=O) groups is 1. The Labute approximate surface area is 160 Å². The highest BCUT2D eigenvalue weighted by atomic mass is 32.2. The predicted molar refractivity (Wildman–Crippen MR) is 105 cm³/mol. The van der Waals surface area contributed by atoms with Crippen molar-refractivity contribution in [2.75, 3.05) is 11.1 Å². The number of amides is 1. The summed E-state index contributed by atoms with van der Waals surface area (Å²) in [5.74, 6) is 0.939. The molecule has 0 unspecified atom stereocenters. The maximum absolute atomic E-state index is 12.2. The molecule has 0 radical (unpaired) electrons. The van der Waals surface area contributed by atoms with E-state index in [1.807, 2.05) is 36.6 Å². The number of nitrogens with zero attached hydrogens (tertiary/aromatic N) is 5. The maximum atomic E-state index is 12.2. The predicted octanol–water partition coefficient (Wildman–Crippen LogP) is 3.42. The summed E-state index contributed by atoms with van der Waals surface area (Å²) in [5.41, 5.74) is 2.20. The van der Waals surface area contributed by atoms with Gasteiger partial charge in [0, 0.05) is 12.1 Å². The van der Waals surface area contributed by atoms with Crippen molar-refractivity contribution < 1.29 is 4.79 Å². The molecule has 136 valence electrons. The van der Waals surface area contributed by atoms with E-state index in [1.165, 1.54) is 23.1 Å². The Morgan fingerprint density at radius 3 is 2.69 bits per heavy atom. The average Bonchev–Trinajstić information content (AvgIpc) is 3.26. The monoisotopic (exact) mass is 388 g/mol. The zero-order valence-electron chi connectivity index (χ0n) is 14.9. The van der Waals surface area contributed by atoms with Crippen molar-refractivity contribution in [1.29, 1.82) is 0 Å². The standard InChI is InChI=1S/C17H20N6OS2/c1-4-14-19-21-16(26-14)18-13(24)10-25-17-22-20-15(23(17)5-2)12-9-7-6-8-11(12)3/h6-9H,4-5,10H2,1-3H3,(H,18,21,24). The van der Waals surface area contributed by atoms with Gasteiger partial charge in [-0.05, 0) is 25.8 Å². The smallest absolute Gasteiger partial charge is 0.236 e. The Kier molecular flexibility index (Phi) is 6.00. The van der Waals surface area contributed by atoms with Gasteiger partial charge in [0.1, 0.15) is 5.01 Å². The quantitative estimate of drug-likeness (QED) is 0.624. The fourth-order valence-corrected chi connectivity index (χ4v) is 3.93. The molecule has 3 aromatic rings. The molecule has 0 aliphatic carbocycles. The molecule has 0 fully saturated rings. The van der Waals surface area contributed by atoms with Crippen LogP contribution in [0.4, 0.5) is 5.13 Å². The van der Waals surface area contributed by atoms with Crippen molar-refractivity contribution in [3.05, 3.63) is 34.8 Å². The molecule has 1 amide bonds. The second-order valence-electron chi connectivity index (χ2n) is 5.56. The Bertz CT molecular complexity index is 904. The first kappa shape index (κ1) is 18.5. The molecule has 0 aliphatic heterocycles. The van der Waals surface area contributed by atoms with Gasteiger partial charge >= 0.3 is 0 Å². The number of carbonyl (C=O) groups excluding carboxylic acids is 1. The number of benzene rings is 1.